The molecular weight excluding hydrogens is 332 g/mol. The molecule has 0 radical (unpaired) electrons. The van der Waals surface area contributed by atoms with Gasteiger partial charge in [-0.05, 0) is 38.3 Å². The van der Waals surface area contributed by atoms with Crippen LogP contribution in [0.4, 0.5) is 0 Å². The lowest BCUT2D eigenvalue weighted by molar-refractivity contribution is 0.0934. The summed E-state index contributed by atoms with van der Waals surface area (Å²) in [5.41, 5.74) is 1.14. The molecule has 1 aliphatic carbocycles. The van der Waals surface area contributed by atoms with Crippen LogP contribution in [0.3, 0.4) is 0 Å². The lowest BCUT2D eigenvalue weighted by Crippen LogP contribution is -2.32. The normalized spacial score (nSPS) is 15.0. The van der Waals surface area contributed by atoms with E-state index in [0.29, 0.717) is 23.3 Å². The maximum absolute atomic E-state index is 12.2. The number of aromatic nitrogens is 5. The van der Waals surface area contributed by atoms with E-state index < -0.39 is 0 Å². The molecule has 4 rings (SSSR count). The Balaban J connectivity index is 1.55. The van der Waals surface area contributed by atoms with Crippen LogP contribution in [0.5, 0.6) is 0 Å². The van der Waals surface area contributed by atoms with Gasteiger partial charge in [-0.3, -0.25) is 9.36 Å². The van der Waals surface area contributed by atoms with Crippen LogP contribution in [0.25, 0.3) is 17.3 Å². The first-order chi connectivity index (χ1) is 12.6. The first kappa shape index (κ1) is 16.4. The fourth-order valence-corrected chi connectivity index (χ4v) is 2.52. The largest absolute Gasteiger partial charge is 0.348 e. The van der Waals surface area contributed by atoms with Gasteiger partial charge in [0, 0.05) is 29.9 Å². The molecule has 1 aliphatic rings. The Morgan fingerprint density at radius 1 is 1.42 bits per heavy atom. The summed E-state index contributed by atoms with van der Waals surface area (Å²) in [6, 6.07) is 3.76. The van der Waals surface area contributed by atoms with Gasteiger partial charge in [0.2, 0.25) is 0 Å². The number of nitrogens with one attached hydrogen (secondary N) is 1. The number of imidazole rings is 1. The number of hydrogen-bond acceptors (Lipinski definition) is 6. The van der Waals surface area contributed by atoms with Crippen molar-refractivity contribution in [2.45, 2.75) is 45.1 Å². The van der Waals surface area contributed by atoms with Gasteiger partial charge in [0.1, 0.15) is 17.8 Å². The maximum Gasteiger partial charge on any atom is 0.271 e. The van der Waals surface area contributed by atoms with Gasteiger partial charge in [0.15, 0.2) is 5.82 Å². The van der Waals surface area contributed by atoms with Crippen molar-refractivity contribution in [2.24, 2.45) is 0 Å². The molecule has 1 unspecified atom stereocenters. The third-order valence-electron chi connectivity index (χ3n) is 4.45. The second kappa shape index (κ2) is 6.70. The van der Waals surface area contributed by atoms with Crippen molar-refractivity contribution in [1.29, 1.82) is 0 Å². The van der Waals surface area contributed by atoms with Crippen LogP contribution >= 0.6 is 0 Å². The lowest BCUT2D eigenvalue weighted by atomic mass is 10.2. The third kappa shape index (κ3) is 3.35. The second-order valence-corrected chi connectivity index (χ2v) is 6.58. The Morgan fingerprint density at radius 2 is 2.27 bits per heavy atom. The fourth-order valence-electron chi connectivity index (χ4n) is 2.52. The van der Waals surface area contributed by atoms with E-state index in [1.54, 1.807) is 23.3 Å². The van der Waals surface area contributed by atoms with Gasteiger partial charge in [0.25, 0.3) is 11.8 Å². The fraction of sp³-hybridized carbons (Fsp3) is 0.389. The topological polar surface area (TPSA) is 98.7 Å². The highest BCUT2D eigenvalue weighted by Crippen LogP contribution is 2.38. The summed E-state index contributed by atoms with van der Waals surface area (Å²) in [4.78, 5) is 25.2. The molecule has 8 heteroatoms. The van der Waals surface area contributed by atoms with E-state index in [0.717, 1.165) is 30.7 Å². The Hall–Kier alpha value is -3.03. The zero-order chi connectivity index (χ0) is 18.1. The Labute approximate surface area is 150 Å². The van der Waals surface area contributed by atoms with Gasteiger partial charge >= 0.3 is 0 Å². The van der Waals surface area contributed by atoms with E-state index in [2.05, 4.69) is 25.4 Å². The van der Waals surface area contributed by atoms with Crippen LogP contribution in [0.15, 0.2) is 35.4 Å². The first-order valence-corrected chi connectivity index (χ1v) is 8.79. The number of amides is 1. The quantitative estimate of drug-likeness (QED) is 0.732. The standard InChI is InChI=1S/C18H20N6O2/c1-3-11(2)21-17(25)14-9-24(10-20-14)15-8-13(6-7-19-15)18-22-16(23-26-18)12-4-5-12/h6-12H,3-5H2,1-2H3,(H,21,25). The van der Waals surface area contributed by atoms with E-state index in [9.17, 15) is 4.79 Å². The highest BCUT2D eigenvalue weighted by Gasteiger charge is 2.29. The maximum atomic E-state index is 12.2. The van der Waals surface area contributed by atoms with Crippen LogP contribution in [0, 0.1) is 0 Å². The molecule has 1 saturated carbocycles. The zero-order valence-corrected chi connectivity index (χ0v) is 14.7. The van der Waals surface area contributed by atoms with Crippen LogP contribution < -0.4 is 5.32 Å². The molecule has 0 aliphatic heterocycles. The Kier molecular flexibility index (Phi) is 4.24. The number of hydrogen-bond donors (Lipinski definition) is 1. The molecule has 26 heavy (non-hydrogen) atoms. The van der Waals surface area contributed by atoms with Crippen molar-refractivity contribution < 1.29 is 9.32 Å². The minimum absolute atomic E-state index is 0.104. The summed E-state index contributed by atoms with van der Waals surface area (Å²) in [5, 5.41) is 6.94. The highest BCUT2D eigenvalue weighted by molar-refractivity contribution is 5.92. The molecule has 3 heterocycles. The first-order valence-electron chi connectivity index (χ1n) is 8.79. The molecule has 1 amide bonds. The van der Waals surface area contributed by atoms with Crippen molar-refractivity contribution >= 4 is 5.91 Å². The highest BCUT2D eigenvalue weighted by atomic mass is 16.5. The molecular formula is C18H20N6O2. The number of pyridine rings is 1. The summed E-state index contributed by atoms with van der Waals surface area (Å²) < 4.78 is 7.07. The van der Waals surface area contributed by atoms with Crippen LogP contribution in [0.1, 0.15) is 55.3 Å². The Morgan fingerprint density at radius 3 is 3.04 bits per heavy atom. The average Bonchev–Trinajstić information content (AvgIpc) is 3.20. The summed E-state index contributed by atoms with van der Waals surface area (Å²) in [5.74, 6) is 2.12. The van der Waals surface area contributed by atoms with E-state index in [4.69, 9.17) is 4.52 Å². The third-order valence-corrected chi connectivity index (χ3v) is 4.45. The number of carbonyl (C=O) groups is 1. The molecule has 1 fully saturated rings. The molecule has 8 nitrogen and oxygen atoms in total. The molecule has 3 aromatic rings. The minimum Gasteiger partial charge on any atom is -0.348 e. The van der Waals surface area contributed by atoms with Gasteiger partial charge in [-0.1, -0.05) is 12.1 Å². The van der Waals surface area contributed by atoms with Crippen LogP contribution in [-0.4, -0.2) is 36.6 Å². The van der Waals surface area contributed by atoms with Gasteiger partial charge < -0.3 is 9.84 Å². The average molecular weight is 352 g/mol. The number of carbonyl (C=O) groups excluding carboxylic acids is 1. The van der Waals surface area contributed by atoms with Crippen LogP contribution in [0.2, 0.25) is 0 Å². The van der Waals surface area contributed by atoms with Crippen molar-refractivity contribution in [3.63, 3.8) is 0 Å². The second-order valence-electron chi connectivity index (χ2n) is 6.58. The van der Waals surface area contributed by atoms with Crippen LogP contribution in [-0.2, 0) is 0 Å². The molecule has 0 spiro atoms. The molecule has 0 bridgehead atoms. The van der Waals surface area contributed by atoms with E-state index in [1.165, 1.54) is 0 Å². The Bertz CT molecular complexity index is 927. The van der Waals surface area contributed by atoms with E-state index >= 15 is 0 Å². The summed E-state index contributed by atoms with van der Waals surface area (Å²) in [7, 11) is 0. The summed E-state index contributed by atoms with van der Waals surface area (Å²) in [6.07, 6.45) is 8.01. The molecule has 134 valence electrons. The van der Waals surface area contributed by atoms with E-state index in [1.807, 2.05) is 26.0 Å². The number of rotatable bonds is 6. The predicted molar refractivity (Wildman–Crippen MR) is 93.8 cm³/mol. The monoisotopic (exact) mass is 352 g/mol. The summed E-state index contributed by atoms with van der Waals surface area (Å²) in [6.45, 7) is 3.98. The minimum atomic E-state index is -0.194. The SMILES string of the molecule is CCC(C)NC(=O)c1cn(-c2cc(-c3nc(C4CC4)no3)ccn2)cn1. The molecule has 1 N–H and O–H groups in total. The van der Waals surface area contributed by atoms with Gasteiger partial charge in [-0.25, -0.2) is 9.97 Å². The molecule has 3 aromatic heterocycles. The van der Waals surface area contributed by atoms with Gasteiger partial charge in [-0.2, -0.15) is 4.98 Å². The summed E-state index contributed by atoms with van der Waals surface area (Å²) >= 11 is 0. The van der Waals surface area contributed by atoms with Gasteiger partial charge in [-0.15, -0.1) is 0 Å². The molecule has 0 aromatic carbocycles. The van der Waals surface area contributed by atoms with E-state index in [-0.39, 0.29) is 11.9 Å². The number of nitrogens with zero attached hydrogens (tertiary/aromatic N) is 5. The van der Waals surface area contributed by atoms with Crippen molar-refractivity contribution in [3.05, 3.63) is 42.4 Å². The lowest BCUT2D eigenvalue weighted by Gasteiger charge is -2.09. The van der Waals surface area contributed by atoms with Crippen molar-refractivity contribution in [3.8, 4) is 17.3 Å². The zero-order valence-electron chi connectivity index (χ0n) is 14.7. The molecule has 0 saturated heterocycles. The smallest absolute Gasteiger partial charge is 0.271 e. The van der Waals surface area contributed by atoms with Gasteiger partial charge in [0.05, 0.1) is 0 Å². The molecule has 1 atom stereocenters. The van der Waals surface area contributed by atoms with Crippen molar-refractivity contribution in [1.82, 2.24) is 30.0 Å². The predicted octanol–water partition coefficient (Wildman–Crippen LogP) is 2.72. The van der Waals surface area contributed by atoms with Crippen molar-refractivity contribution in [2.75, 3.05) is 0 Å².